The van der Waals surface area contributed by atoms with Crippen LogP contribution >= 0.6 is 0 Å². The molecule has 8 aromatic rings. The van der Waals surface area contributed by atoms with Crippen LogP contribution in [0.15, 0.2) is 152 Å². The zero-order valence-corrected chi connectivity index (χ0v) is 42.5. The van der Waals surface area contributed by atoms with Gasteiger partial charge >= 0.3 is 10.2 Å². The maximum absolute atomic E-state index is 16.7. The summed E-state index contributed by atoms with van der Waals surface area (Å²) < 4.78 is 85.0. The number of hydrogen-bond acceptors (Lipinski definition) is 11. The molecule has 0 saturated carbocycles. The van der Waals surface area contributed by atoms with Crippen LogP contribution in [0.1, 0.15) is 65.2 Å². The zero-order chi connectivity index (χ0) is 53.1. The van der Waals surface area contributed by atoms with Crippen molar-refractivity contribution in [3.8, 4) is 11.1 Å². The van der Waals surface area contributed by atoms with E-state index in [0.29, 0.717) is 67.1 Å². The van der Waals surface area contributed by atoms with Crippen molar-refractivity contribution in [1.29, 1.82) is 0 Å². The second kappa shape index (κ2) is 21.7. The maximum Gasteiger partial charge on any atom is 0.301 e. The van der Waals surface area contributed by atoms with Crippen molar-refractivity contribution < 1.29 is 36.0 Å². The molecule has 5 aromatic carbocycles. The summed E-state index contributed by atoms with van der Waals surface area (Å²) in [5.41, 5.74) is 1.09. The molecule has 5 heterocycles. The van der Waals surface area contributed by atoms with Gasteiger partial charge in [0.05, 0.1) is 39.6 Å². The molecular weight excluding hydrogens is 996 g/mol. The smallest absolute Gasteiger partial charge is 0.301 e. The topological polar surface area (TPSA) is 169 Å². The van der Waals surface area contributed by atoms with Crippen LogP contribution in [-0.4, -0.2) is 95.4 Å². The Morgan fingerprint density at radius 3 is 1.91 bits per heavy atom. The van der Waals surface area contributed by atoms with Crippen LogP contribution in [0.2, 0.25) is 0 Å². The fraction of sp³-hybridized carbons (Fsp3) is 0.263. The van der Waals surface area contributed by atoms with Crippen LogP contribution in [0.5, 0.6) is 0 Å². The van der Waals surface area contributed by atoms with E-state index in [-0.39, 0.29) is 29.3 Å². The lowest BCUT2D eigenvalue weighted by atomic mass is 9.76. The molecule has 2 fully saturated rings. The third-order valence-electron chi connectivity index (χ3n) is 14.6. The molecular formula is C57H54F3N9O6S. The minimum atomic E-state index is -4.26. The number of nitro groups is 1. The Balaban J connectivity index is 0.940. The number of aromatic nitrogens is 4. The number of benzene rings is 5. The molecule has 15 nitrogen and oxygen atoms in total. The molecule has 3 aromatic heterocycles. The number of ketones is 1. The van der Waals surface area contributed by atoms with Gasteiger partial charge in [0, 0.05) is 93.7 Å². The first-order chi connectivity index (χ1) is 36.8. The van der Waals surface area contributed by atoms with Crippen molar-refractivity contribution in [3.05, 3.63) is 208 Å². The predicted octanol–water partition coefficient (Wildman–Crippen LogP) is 10.4. The summed E-state index contributed by atoms with van der Waals surface area (Å²) in [5, 5.41) is 11.3. The predicted molar refractivity (Wildman–Crippen MR) is 285 cm³/mol. The van der Waals surface area contributed by atoms with E-state index in [0.717, 1.165) is 64.9 Å². The van der Waals surface area contributed by atoms with Gasteiger partial charge in [-0.05, 0) is 72.6 Å². The second-order valence-corrected chi connectivity index (χ2v) is 20.8. The number of rotatable bonds is 17. The fourth-order valence-corrected chi connectivity index (χ4v) is 11.3. The number of ether oxygens (including phenoxy) is 1. The van der Waals surface area contributed by atoms with E-state index < -0.39 is 55.2 Å². The van der Waals surface area contributed by atoms with Gasteiger partial charge in [-0.3, -0.25) is 19.6 Å². The normalized spacial score (nSPS) is 14.9. The Labute approximate surface area is 438 Å². The molecule has 0 radical (unpaired) electrons. The number of halogens is 3. The number of nitrogens with zero attached hydrogens (tertiary/aromatic N) is 8. The highest BCUT2D eigenvalue weighted by atomic mass is 32.2. The maximum atomic E-state index is 16.7. The van der Waals surface area contributed by atoms with E-state index in [9.17, 15) is 22.9 Å². The number of pyridine rings is 1. The number of nitro benzene ring substituents is 1. The molecule has 2 saturated heterocycles. The van der Waals surface area contributed by atoms with Crippen LogP contribution in [0.4, 0.5) is 36.2 Å². The highest BCUT2D eigenvalue weighted by Crippen LogP contribution is 2.44. The van der Waals surface area contributed by atoms with Gasteiger partial charge in [-0.1, -0.05) is 97.9 Å². The van der Waals surface area contributed by atoms with Crippen molar-refractivity contribution in [2.75, 3.05) is 60.9 Å². The number of anilines is 3. The molecule has 2 aliphatic heterocycles. The summed E-state index contributed by atoms with van der Waals surface area (Å²) in [6, 6.07) is 36.4. The molecule has 19 heteroatoms. The number of hydrogen-bond donors (Lipinski definition) is 1. The Hall–Kier alpha value is -8.00. The van der Waals surface area contributed by atoms with Crippen molar-refractivity contribution in [1.82, 2.24) is 23.8 Å². The number of carbonyl (C=O) groups excluding carboxylic acids is 1. The molecule has 0 spiro atoms. The van der Waals surface area contributed by atoms with Gasteiger partial charge < -0.3 is 19.1 Å². The van der Waals surface area contributed by atoms with Gasteiger partial charge in [0.15, 0.2) is 11.6 Å². The van der Waals surface area contributed by atoms with Crippen LogP contribution < -0.4 is 14.5 Å². The lowest BCUT2D eigenvalue weighted by Gasteiger charge is -2.38. The number of fused-ring (bicyclic) bond motifs is 1. The van der Waals surface area contributed by atoms with Gasteiger partial charge in [0.25, 0.3) is 5.69 Å². The van der Waals surface area contributed by atoms with E-state index in [1.807, 2.05) is 100 Å². The largest absolute Gasteiger partial charge is 0.378 e. The molecule has 0 bridgehead atoms. The Kier molecular flexibility index (Phi) is 14.7. The summed E-state index contributed by atoms with van der Waals surface area (Å²) >= 11 is 0. The fourth-order valence-electron chi connectivity index (χ4n) is 10.4. The van der Waals surface area contributed by atoms with Crippen LogP contribution in [0, 0.1) is 33.5 Å². The number of non-ortho nitro benzene ring substituents is 1. The molecule has 0 amide bonds. The third kappa shape index (κ3) is 10.00. The quantitative estimate of drug-likeness (QED) is 0.0399. The third-order valence-corrected chi connectivity index (χ3v) is 16.2. The van der Waals surface area contributed by atoms with Crippen molar-refractivity contribution in [2.45, 2.75) is 44.2 Å². The number of carbonyl (C=O) groups is 1. The van der Waals surface area contributed by atoms with Gasteiger partial charge in [0.2, 0.25) is 11.7 Å². The molecule has 76 heavy (non-hydrogen) atoms. The van der Waals surface area contributed by atoms with Crippen LogP contribution in [0.25, 0.3) is 22.2 Å². The highest BCUT2D eigenvalue weighted by molar-refractivity contribution is 7.90. The van der Waals surface area contributed by atoms with E-state index in [1.165, 1.54) is 19.2 Å². The average molecular weight is 1050 g/mol. The monoisotopic (exact) mass is 1050 g/mol. The van der Waals surface area contributed by atoms with Gasteiger partial charge in [-0.2, -0.15) is 12.7 Å². The summed E-state index contributed by atoms with van der Waals surface area (Å²) in [7, 11) is -2.96. The van der Waals surface area contributed by atoms with E-state index in [4.69, 9.17) is 19.7 Å². The number of piperidine rings is 2. The van der Waals surface area contributed by atoms with Gasteiger partial charge in [0.1, 0.15) is 17.0 Å². The molecule has 10 rings (SSSR count). The highest BCUT2D eigenvalue weighted by Gasteiger charge is 2.41. The Bertz CT molecular complexity index is 3410. The van der Waals surface area contributed by atoms with Crippen LogP contribution in [-0.2, 0) is 20.5 Å². The Morgan fingerprint density at radius 2 is 1.34 bits per heavy atom. The molecule has 0 atom stereocenters. The summed E-state index contributed by atoms with van der Waals surface area (Å²) in [6.45, 7) is 4.82. The minimum absolute atomic E-state index is 0.0450. The lowest BCUT2D eigenvalue weighted by molar-refractivity contribution is -0.385. The second-order valence-electron chi connectivity index (χ2n) is 19.1. The standard InChI is InChI=1S/C57H54F3N9O6S/c1-3-65(2)76(73,74)64-50-21-20-48(58)52(53(50)60)54(70)47-36-68(57(41-13-7-4-8-14-41,42-15-9-5-10-16-42)43-17-11-6-12-18-43)55-46(47)31-39(33-61-55)40-34-62-56(63-35-40)67-29-25-45(26-30-67)75-37-38-23-27-66(28-24-38)51-22-19-44(69(71)72)32-49(51)59/h4-22,31-36,38,45,64H,3,23-30,37H2,1-2H3. The summed E-state index contributed by atoms with van der Waals surface area (Å²) in [5.74, 6) is -3.36. The summed E-state index contributed by atoms with van der Waals surface area (Å²) in [4.78, 5) is 44.1. The van der Waals surface area contributed by atoms with E-state index in [2.05, 4.69) is 9.62 Å². The van der Waals surface area contributed by atoms with E-state index >= 15 is 13.6 Å². The van der Waals surface area contributed by atoms with Gasteiger partial charge in [-0.25, -0.2) is 28.1 Å². The lowest BCUT2D eigenvalue weighted by Crippen LogP contribution is -2.39. The first-order valence-corrected chi connectivity index (χ1v) is 26.5. The Morgan fingerprint density at radius 1 is 0.763 bits per heavy atom. The minimum Gasteiger partial charge on any atom is -0.378 e. The van der Waals surface area contributed by atoms with E-state index in [1.54, 1.807) is 37.8 Å². The first kappa shape index (κ1) is 51.5. The van der Waals surface area contributed by atoms with Crippen molar-refractivity contribution in [2.24, 2.45) is 5.92 Å². The zero-order valence-electron chi connectivity index (χ0n) is 41.7. The average Bonchev–Trinajstić information content (AvgIpc) is 3.88. The molecule has 1 N–H and O–H groups in total. The summed E-state index contributed by atoms with van der Waals surface area (Å²) in [6.07, 6.45) is 9.75. The SMILES string of the molecule is CCN(C)S(=O)(=O)Nc1ccc(F)c(C(=O)c2cn(C(c3ccccc3)(c3ccccc3)c3ccccc3)c3ncc(-c4cnc(N5CCC(OCC6CCN(c7ccc([N+](=O)[O-])cc7F)CC6)CC5)nc4)cc23)c1F. The molecule has 2 aliphatic rings. The molecule has 390 valence electrons. The number of nitrogens with one attached hydrogen (secondary N) is 1. The first-order valence-electron chi connectivity index (χ1n) is 25.1. The van der Waals surface area contributed by atoms with Gasteiger partial charge in [-0.15, -0.1) is 0 Å². The molecule has 0 aliphatic carbocycles. The van der Waals surface area contributed by atoms with Crippen molar-refractivity contribution in [3.63, 3.8) is 0 Å². The van der Waals surface area contributed by atoms with Crippen LogP contribution in [0.3, 0.4) is 0 Å². The van der Waals surface area contributed by atoms with Crippen molar-refractivity contribution >= 4 is 50.0 Å². The molecule has 0 unspecified atom stereocenters.